The van der Waals surface area contributed by atoms with Crippen molar-refractivity contribution in [1.82, 2.24) is 4.98 Å². The van der Waals surface area contributed by atoms with Crippen LogP contribution in [0.25, 0.3) is 10.9 Å². The highest BCUT2D eigenvalue weighted by molar-refractivity contribution is 9.10. The summed E-state index contributed by atoms with van der Waals surface area (Å²) in [5.41, 5.74) is 1.30. The van der Waals surface area contributed by atoms with Crippen LogP contribution in [0.3, 0.4) is 0 Å². The first kappa shape index (κ1) is 8.81. The van der Waals surface area contributed by atoms with Gasteiger partial charge < -0.3 is 15.0 Å². The van der Waals surface area contributed by atoms with Crippen molar-refractivity contribution in [3.63, 3.8) is 0 Å². The van der Waals surface area contributed by atoms with Crippen molar-refractivity contribution in [2.75, 3.05) is 0 Å². The maximum atomic E-state index is 8.91. The minimum absolute atomic E-state index is 0.410. The zero-order valence-corrected chi connectivity index (χ0v) is 8.25. The molecular formula is C8H7BBrNO2. The van der Waals surface area contributed by atoms with Gasteiger partial charge in [0, 0.05) is 15.6 Å². The summed E-state index contributed by atoms with van der Waals surface area (Å²) in [6.07, 6.45) is 0. The monoisotopic (exact) mass is 239 g/mol. The average Bonchev–Trinajstić information content (AvgIpc) is 2.46. The van der Waals surface area contributed by atoms with Gasteiger partial charge in [-0.15, -0.1) is 0 Å². The molecule has 0 aliphatic carbocycles. The van der Waals surface area contributed by atoms with Crippen LogP contribution in [0.4, 0.5) is 0 Å². The SMILES string of the molecule is OB(O)c1cc2ccc(Br)cc2[nH]1. The maximum Gasteiger partial charge on any atom is 0.505 e. The van der Waals surface area contributed by atoms with E-state index in [9.17, 15) is 0 Å². The number of aromatic nitrogens is 1. The number of halogens is 1. The molecule has 13 heavy (non-hydrogen) atoms. The predicted octanol–water partition coefficient (Wildman–Crippen LogP) is 0.610. The van der Waals surface area contributed by atoms with E-state index in [1.807, 2.05) is 18.2 Å². The zero-order valence-electron chi connectivity index (χ0n) is 6.66. The first-order valence-corrected chi connectivity index (χ1v) is 4.60. The van der Waals surface area contributed by atoms with Crippen molar-refractivity contribution < 1.29 is 10.0 Å². The number of rotatable bonds is 1. The van der Waals surface area contributed by atoms with Crippen LogP contribution in [-0.2, 0) is 0 Å². The van der Waals surface area contributed by atoms with E-state index in [2.05, 4.69) is 20.9 Å². The van der Waals surface area contributed by atoms with Gasteiger partial charge in [0.1, 0.15) is 0 Å². The van der Waals surface area contributed by atoms with Crippen LogP contribution in [-0.4, -0.2) is 22.2 Å². The number of fused-ring (bicyclic) bond motifs is 1. The molecule has 0 radical (unpaired) electrons. The fraction of sp³-hybridized carbons (Fsp3) is 0. The van der Waals surface area contributed by atoms with Crippen molar-refractivity contribution in [3.8, 4) is 0 Å². The van der Waals surface area contributed by atoms with E-state index in [-0.39, 0.29) is 0 Å². The molecule has 0 amide bonds. The Morgan fingerprint density at radius 1 is 1.23 bits per heavy atom. The molecule has 1 heterocycles. The van der Waals surface area contributed by atoms with Crippen molar-refractivity contribution in [1.29, 1.82) is 0 Å². The van der Waals surface area contributed by atoms with Crippen LogP contribution in [0.5, 0.6) is 0 Å². The third-order valence-corrected chi connectivity index (χ3v) is 2.38. The standard InChI is InChI=1S/C8H7BBrNO2/c10-6-2-1-5-3-8(9(12)13)11-7(5)4-6/h1-4,11-13H. The molecule has 0 spiro atoms. The zero-order chi connectivity index (χ0) is 9.42. The Morgan fingerprint density at radius 3 is 2.69 bits per heavy atom. The lowest BCUT2D eigenvalue weighted by molar-refractivity contribution is 0.424. The predicted molar refractivity (Wildman–Crippen MR) is 55.8 cm³/mol. The number of benzene rings is 1. The second-order valence-corrected chi connectivity index (χ2v) is 3.75. The van der Waals surface area contributed by atoms with Gasteiger partial charge in [-0.2, -0.15) is 0 Å². The van der Waals surface area contributed by atoms with E-state index >= 15 is 0 Å². The summed E-state index contributed by atoms with van der Waals surface area (Å²) in [5, 5.41) is 18.8. The summed E-state index contributed by atoms with van der Waals surface area (Å²) in [6.45, 7) is 0. The van der Waals surface area contributed by atoms with Crippen molar-refractivity contribution in [2.45, 2.75) is 0 Å². The summed E-state index contributed by atoms with van der Waals surface area (Å²) < 4.78 is 0.959. The number of hydrogen-bond acceptors (Lipinski definition) is 2. The van der Waals surface area contributed by atoms with Gasteiger partial charge in [-0.05, 0) is 23.6 Å². The van der Waals surface area contributed by atoms with Gasteiger partial charge in [-0.25, -0.2) is 0 Å². The number of hydrogen-bond donors (Lipinski definition) is 3. The fourth-order valence-electron chi connectivity index (χ4n) is 1.26. The van der Waals surface area contributed by atoms with E-state index < -0.39 is 7.12 Å². The number of H-pyrrole nitrogens is 1. The topological polar surface area (TPSA) is 56.2 Å². The van der Waals surface area contributed by atoms with Gasteiger partial charge in [-0.1, -0.05) is 22.0 Å². The molecular weight excluding hydrogens is 233 g/mol. The van der Waals surface area contributed by atoms with E-state index in [1.165, 1.54) is 0 Å². The van der Waals surface area contributed by atoms with Crippen molar-refractivity contribution >= 4 is 39.5 Å². The van der Waals surface area contributed by atoms with Crippen LogP contribution in [0.2, 0.25) is 0 Å². The third kappa shape index (κ3) is 1.63. The fourth-order valence-corrected chi connectivity index (χ4v) is 1.62. The lowest BCUT2D eigenvalue weighted by Gasteiger charge is -1.91. The summed E-state index contributed by atoms with van der Waals surface area (Å²) in [4.78, 5) is 2.91. The molecule has 66 valence electrons. The van der Waals surface area contributed by atoms with E-state index in [1.54, 1.807) is 6.07 Å². The van der Waals surface area contributed by atoms with Crippen molar-refractivity contribution in [2.24, 2.45) is 0 Å². The molecule has 0 atom stereocenters. The normalized spacial score (nSPS) is 10.7. The Kier molecular flexibility index (Phi) is 2.15. The quantitative estimate of drug-likeness (QED) is 0.639. The van der Waals surface area contributed by atoms with Crippen LogP contribution >= 0.6 is 15.9 Å². The maximum absolute atomic E-state index is 8.91. The van der Waals surface area contributed by atoms with Crippen LogP contribution in [0.15, 0.2) is 28.7 Å². The summed E-state index contributed by atoms with van der Waals surface area (Å²) in [5.74, 6) is 0. The van der Waals surface area contributed by atoms with Gasteiger partial charge in [0.2, 0.25) is 0 Å². The smallest absolute Gasteiger partial charge is 0.422 e. The largest absolute Gasteiger partial charge is 0.505 e. The molecule has 0 saturated carbocycles. The third-order valence-electron chi connectivity index (χ3n) is 1.88. The van der Waals surface area contributed by atoms with Crippen molar-refractivity contribution in [3.05, 3.63) is 28.7 Å². The number of aromatic amines is 1. The Hall–Kier alpha value is -0.775. The van der Waals surface area contributed by atoms with E-state index in [0.29, 0.717) is 5.59 Å². The summed E-state index contributed by atoms with van der Waals surface area (Å²) in [7, 11) is -1.44. The molecule has 3 N–H and O–H groups in total. The average molecular weight is 240 g/mol. The molecule has 1 aromatic carbocycles. The second-order valence-electron chi connectivity index (χ2n) is 2.83. The van der Waals surface area contributed by atoms with Crippen LogP contribution < -0.4 is 5.59 Å². The van der Waals surface area contributed by atoms with E-state index in [4.69, 9.17) is 10.0 Å². The Balaban J connectivity index is 2.62. The Bertz CT molecular complexity index is 441. The molecule has 1 aromatic heterocycles. The van der Waals surface area contributed by atoms with Gasteiger partial charge in [0.05, 0.1) is 0 Å². The first-order valence-electron chi connectivity index (χ1n) is 3.81. The minimum atomic E-state index is -1.44. The molecule has 0 aliphatic rings. The molecule has 0 aliphatic heterocycles. The molecule has 2 aromatic rings. The molecule has 0 bridgehead atoms. The highest BCUT2D eigenvalue weighted by atomic mass is 79.9. The lowest BCUT2D eigenvalue weighted by Crippen LogP contribution is -2.30. The first-order chi connectivity index (χ1) is 6.16. The van der Waals surface area contributed by atoms with Crippen LogP contribution in [0.1, 0.15) is 0 Å². The van der Waals surface area contributed by atoms with Gasteiger partial charge in [-0.3, -0.25) is 0 Å². The van der Waals surface area contributed by atoms with Gasteiger partial charge in [0.15, 0.2) is 0 Å². The molecule has 3 nitrogen and oxygen atoms in total. The second kappa shape index (κ2) is 3.18. The molecule has 0 saturated heterocycles. The van der Waals surface area contributed by atoms with E-state index in [0.717, 1.165) is 15.4 Å². The van der Waals surface area contributed by atoms with Crippen LogP contribution in [0, 0.1) is 0 Å². The highest BCUT2D eigenvalue weighted by Gasteiger charge is 2.13. The summed E-state index contributed by atoms with van der Waals surface area (Å²) >= 11 is 3.33. The Labute approximate surface area is 83.7 Å². The Morgan fingerprint density at radius 2 is 2.00 bits per heavy atom. The lowest BCUT2D eigenvalue weighted by atomic mass is 9.87. The molecule has 2 rings (SSSR count). The summed E-state index contributed by atoms with van der Waals surface area (Å²) in [6, 6.07) is 7.42. The molecule has 5 heteroatoms. The molecule has 0 unspecified atom stereocenters. The number of nitrogens with one attached hydrogen (secondary N) is 1. The minimum Gasteiger partial charge on any atom is -0.422 e. The molecule has 0 fully saturated rings. The van der Waals surface area contributed by atoms with Gasteiger partial charge >= 0.3 is 7.12 Å². The highest BCUT2D eigenvalue weighted by Crippen LogP contribution is 2.17. The van der Waals surface area contributed by atoms with Gasteiger partial charge in [0.25, 0.3) is 0 Å².